The first-order valence-electron chi connectivity index (χ1n) is 6.45. The Hall–Kier alpha value is -1.31. The molecule has 0 radical (unpaired) electrons. The van der Waals surface area contributed by atoms with Crippen molar-refractivity contribution in [2.24, 2.45) is 5.92 Å². The molecule has 0 heterocycles. The topological polar surface area (TPSA) is 26.3 Å². The van der Waals surface area contributed by atoms with E-state index in [-0.39, 0.29) is 0 Å². The van der Waals surface area contributed by atoms with Gasteiger partial charge in [-0.15, -0.1) is 0 Å². The molecule has 2 rings (SSSR count). The number of rotatable bonds is 7. The van der Waals surface area contributed by atoms with Gasteiger partial charge in [0.1, 0.15) is 11.5 Å². The molecule has 0 N–H and O–H groups in total. The van der Waals surface area contributed by atoms with E-state index in [1.54, 1.807) is 0 Å². The molecule has 1 aromatic carbocycles. The third-order valence-corrected chi connectivity index (χ3v) is 3.17. The van der Waals surface area contributed by atoms with Crippen LogP contribution in [-0.2, 0) is 4.79 Å². The average molecular weight is 232 g/mol. The Labute approximate surface area is 103 Å². The lowest BCUT2D eigenvalue weighted by molar-refractivity contribution is -0.119. The van der Waals surface area contributed by atoms with Gasteiger partial charge in [0.25, 0.3) is 0 Å². The van der Waals surface area contributed by atoms with E-state index in [4.69, 9.17) is 4.74 Å². The minimum atomic E-state index is 0.338. The number of aryl methyl sites for hydroxylation is 1. The maximum absolute atomic E-state index is 11.6. The van der Waals surface area contributed by atoms with E-state index in [0.29, 0.717) is 18.8 Å². The molecule has 0 bridgehead atoms. The first-order chi connectivity index (χ1) is 8.24. The van der Waals surface area contributed by atoms with Crippen LogP contribution in [0.15, 0.2) is 24.3 Å². The molecule has 1 fully saturated rings. The van der Waals surface area contributed by atoms with Crippen molar-refractivity contribution >= 4 is 5.78 Å². The number of hydrogen-bond donors (Lipinski definition) is 0. The zero-order valence-corrected chi connectivity index (χ0v) is 10.4. The summed E-state index contributed by atoms with van der Waals surface area (Å²) in [4.78, 5) is 11.6. The lowest BCUT2D eigenvalue weighted by atomic mass is 10.1. The standard InChI is InChI=1S/C15H20O2/c1-12-3-2-4-15(11-12)17-10-9-14(16)8-7-13-5-6-13/h2-4,11,13H,5-10H2,1H3. The molecule has 2 nitrogen and oxygen atoms in total. The molecule has 0 atom stereocenters. The first kappa shape index (κ1) is 12.2. The van der Waals surface area contributed by atoms with Crippen LogP contribution in [0.1, 0.15) is 37.7 Å². The van der Waals surface area contributed by atoms with Crippen molar-refractivity contribution in [1.82, 2.24) is 0 Å². The molecule has 0 aliphatic heterocycles. The largest absolute Gasteiger partial charge is 0.493 e. The van der Waals surface area contributed by atoms with Crippen LogP contribution in [0.25, 0.3) is 0 Å². The van der Waals surface area contributed by atoms with E-state index in [1.165, 1.54) is 18.4 Å². The molecule has 1 aromatic rings. The summed E-state index contributed by atoms with van der Waals surface area (Å²) < 4.78 is 5.56. The highest BCUT2D eigenvalue weighted by Crippen LogP contribution is 2.33. The fourth-order valence-corrected chi connectivity index (χ4v) is 1.88. The first-order valence-corrected chi connectivity index (χ1v) is 6.45. The highest BCUT2D eigenvalue weighted by atomic mass is 16.5. The van der Waals surface area contributed by atoms with Gasteiger partial charge in [-0.05, 0) is 37.0 Å². The lowest BCUT2D eigenvalue weighted by Crippen LogP contribution is -2.06. The van der Waals surface area contributed by atoms with E-state index in [0.717, 1.165) is 24.5 Å². The van der Waals surface area contributed by atoms with Crippen molar-refractivity contribution < 1.29 is 9.53 Å². The second kappa shape index (κ2) is 5.85. The highest BCUT2D eigenvalue weighted by Gasteiger charge is 2.21. The van der Waals surface area contributed by atoms with Crippen LogP contribution in [0.5, 0.6) is 5.75 Å². The fourth-order valence-electron chi connectivity index (χ4n) is 1.88. The van der Waals surface area contributed by atoms with Gasteiger partial charge in [-0.1, -0.05) is 25.0 Å². The fraction of sp³-hybridized carbons (Fsp3) is 0.533. The molecule has 17 heavy (non-hydrogen) atoms. The van der Waals surface area contributed by atoms with E-state index in [9.17, 15) is 4.79 Å². The smallest absolute Gasteiger partial charge is 0.136 e. The van der Waals surface area contributed by atoms with E-state index < -0.39 is 0 Å². The van der Waals surface area contributed by atoms with Crippen LogP contribution < -0.4 is 4.74 Å². The minimum Gasteiger partial charge on any atom is -0.493 e. The Balaban J connectivity index is 1.62. The number of ketones is 1. The van der Waals surface area contributed by atoms with Crippen LogP contribution in [0.3, 0.4) is 0 Å². The monoisotopic (exact) mass is 232 g/mol. The van der Waals surface area contributed by atoms with Gasteiger partial charge in [0.15, 0.2) is 0 Å². The van der Waals surface area contributed by atoms with E-state index >= 15 is 0 Å². The summed E-state index contributed by atoms with van der Waals surface area (Å²) in [6.45, 7) is 2.54. The molecule has 0 amide bonds. The predicted octanol–water partition coefficient (Wildman–Crippen LogP) is 3.52. The Kier molecular flexibility index (Phi) is 4.18. The predicted molar refractivity (Wildman–Crippen MR) is 68.3 cm³/mol. The van der Waals surface area contributed by atoms with E-state index in [1.807, 2.05) is 31.2 Å². The van der Waals surface area contributed by atoms with Gasteiger partial charge in [0.05, 0.1) is 6.61 Å². The second-order valence-electron chi connectivity index (χ2n) is 4.94. The van der Waals surface area contributed by atoms with Crippen molar-refractivity contribution in [2.75, 3.05) is 6.61 Å². The van der Waals surface area contributed by atoms with Gasteiger partial charge < -0.3 is 4.74 Å². The average Bonchev–Trinajstić information content (AvgIpc) is 3.10. The second-order valence-corrected chi connectivity index (χ2v) is 4.94. The normalized spacial score (nSPS) is 14.6. The van der Waals surface area contributed by atoms with Crippen LogP contribution in [-0.4, -0.2) is 12.4 Å². The van der Waals surface area contributed by atoms with Gasteiger partial charge in [0, 0.05) is 12.8 Å². The van der Waals surface area contributed by atoms with Crippen LogP contribution in [0.2, 0.25) is 0 Å². The SMILES string of the molecule is Cc1cccc(OCCC(=O)CCC2CC2)c1. The Morgan fingerprint density at radius 2 is 2.18 bits per heavy atom. The summed E-state index contributed by atoms with van der Waals surface area (Å²) in [7, 11) is 0. The highest BCUT2D eigenvalue weighted by molar-refractivity contribution is 5.78. The molecular formula is C15H20O2. The van der Waals surface area contributed by atoms with Crippen molar-refractivity contribution in [1.29, 1.82) is 0 Å². The maximum Gasteiger partial charge on any atom is 0.136 e. The quantitative estimate of drug-likeness (QED) is 0.719. The molecule has 1 aliphatic rings. The number of Topliss-reactive ketones (excluding diaryl/α,β-unsaturated/α-hetero) is 1. The minimum absolute atomic E-state index is 0.338. The molecule has 1 aliphatic carbocycles. The van der Waals surface area contributed by atoms with Crippen molar-refractivity contribution in [2.45, 2.75) is 39.0 Å². The zero-order chi connectivity index (χ0) is 12.1. The van der Waals surface area contributed by atoms with Gasteiger partial charge in [-0.25, -0.2) is 0 Å². The molecule has 2 heteroatoms. The Morgan fingerprint density at radius 3 is 2.88 bits per heavy atom. The van der Waals surface area contributed by atoms with Crippen LogP contribution >= 0.6 is 0 Å². The Bertz CT molecular complexity index is 380. The van der Waals surface area contributed by atoms with Gasteiger partial charge in [-0.3, -0.25) is 4.79 Å². The van der Waals surface area contributed by atoms with E-state index in [2.05, 4.69) is 0 Å². The number of carbonyl (C=O) groups excluding carboxylic acids is 1. The van der Waals surface area contributed by atoms with Gasteiger partial charge in [0.2, 0.25) is 0 Å². The summed E-state index contributed by atoms with van der Waals surface area (Å²) in [5, 5.41) is 0. The maximum atomic E-state index is 11.6. The van der Waals surface area contributed by atoms with Crippen molar-refractivity contribution in [3.63, 3.8) is 0 Å². The number of benzene rings is 1. The molecule has 0 saturated heterocycles. The third-order valence-electron chi connectivity index (χ3n) is 3.17. The summed E-state index contributed by atoms with van der Waals surface area (Å²) in [6.07, 6.45) is 5.02. The van der Waals surface area contributed by atoms with Crippen molar-refractivity contribution in [3.8, 4) is 5.75 Å². The number of hydrogen-bond acceptors (Lipinski definition) is 2. The number of ether oxygens (including phenoxy) is 1. The molecule has 0 unspecified atom stereocenters. The van der Waals surface area contributed by atoms with Crippen LogP contribution in [0.4, 0.5) is 0 Å². The lowest BCUT2D eigenvalue weighted by Gasteiger charge is -2.06. The molecule has 1 saturated carbocycles. The summed E-state index contributed by atoms with van der Waals surface area (Å²) in [5.74, 6) is 2.04. The summed E-state index contributed by atoms with van der Waals surface area (Å²) >= 11 is 0. The summed E-state index contributed by atoms with van der Waals surface area (Å²) in [5.41, 5.74) is 1.18. The zero-order valence-electron chi connectivity index (χ0n) is 10.4. The number of carbonyl (C=O) groups is 1. The molecule has 0 spiro atoms. The summed E-state index contributed by atoms with van der Waals surface area (Å²) in [6, 6.07) is 7.93. The van der Waals surface area contributed by atoms with Gasteiger partial charge >= 0.3 is 0 Å². The molecule has 0 aromatic heterocycles. The molecule has 92 valence electrons. The molecular weight excluding hydrogens is 212 g/mol. The third kappa shape index (κ3) is 4.59. The van der Waals surface area contributed by atoms with Crippen molar-refractivity contribution in [3.05, 3.63) is 29.8 Å². The van der Waals surface area contributed by atoms with Gasteiger partial charge in [-0.2, -0.15) is 0 Å². The Morgan fingerprint density at radius 1 is 1.35 bits per heavy atom. The van der Waals surface area contributed by atoms with Crippen LogP contribution in [0, 0.1) is 12.8 Å².